The van der Waals surface area contributed by atoms with Crippen molar-refractivity contribution in [1.82, 2.24) is 24.7 Å². The molecule has 0 atom stereocenters. The minimum Gasteiger partial charge on any atom is -0.255 e. The number of pyridine rings is 2. The summed E-state index contributed by atoms with van der Waals surface area (Å²) in [5, 5.41) is 5.91. The summed E-state index contributed by atoms with van der Waals surface area (Å²) in [5.41, 5.74) is 2.79. The van der Waals surface area contributed by atoms with Crippen molar-refractivity contribution in [2.24, 2.45) is 11.8 Å². The van der Waals surface area contributed by atoms with Crippen LogP contribution in [0, 0.1) is 11.8 Å². The average Bonchev–Trinajstić information content (AvgIpc) is 3.11. The van der Waals surface area contributed by atoms with Gasteiger partial charge in [0.25, 0.3) is 0 Å². The van der Waals surface area contributed by atoms with Crippen molar-refractivity contribution in [3.05, 3.63) is 60.9 Å². The molecule has 1 aliphatic carbocycles. The highest BCUT2D eigenvalue weighted by Gasteiger charge is 2.27. The van der Waals surface area contributed by atoms with Gasteiger partial charge >= 0.3 is 0 Å². The van der Waals surface area contributed by atoms with Crippen LogP contribution >= 0.6 is 0 Å². The third-order valence-corrected chi connectivity index (χ3v) is 5.32. The summed E-state index contributed by atoms with van der Waals surface area (Å²) in [5.74, 6) is 3.03. The third-order valence-electron chi connectivity index (χ3n) is 5.32. The fourth-order valence-electron chi connectivity index (χ4n) is 3.94. The zero-order chi connectivity index (χ0) is 18.2. The Balaban J connectivity index is 1.58. The molecule has 1 aliphatic rings. The smallest absolute Gasteiger partial charge is 0.200 e. The van der Waals surface area contributed by atoms with Gasteiger partial charge < -0.3 is 0 Å². The highest BCUT2D eigenvalue weighted by Crippen LogP contribution is 2.35. The molecule has 0 N–H and O–H groups in total. The van der Waals surface area contributed by atoms with Crippen LogP contribution in [0.3, 0.4) is 0 Å². The number of hydrogen-bond donors (Lipinski definition) is 0. The quantitative estimate of drug-likeness (QED) is 0.537. The lowest BCUT2D eigenvalue weighted by Gasteiger charge is -2.32. The topological polar surface area (TPSA) is 56.5 Å². The number of para-hydroxylation sites is 1. The second-order valence-corrected chi connectivity index (χ2v) is 7.52. The summed E-state index contributed by atoms with van der Waals surface area (Å²) in [6.45, 7) is 3.21. The third kappa shape index (κ3) is 3.10. The number of fused-ring (bicyclic) bond motifs is 1. The molecule has 1 aromatic carbocycles. The second-order valence-electron chi connectivity index (χ2n) is 7.52. The maximum Gasteiger partial charge on any atom is 0.200 e. The van der Waals surface area contributed by atoms with Crippen molar-refractivity contribution in [3.63, 3.8) is 0 Å². The van der Waals surface area contributed by atoms with Crippen LogP contribution < -0.4 is 0 Å². The highest BCUT2D eigenvalue weighted by atomic mass is 15.4. The molecule has 0 aliphatic heterocycles. The van der Waals surface area contributed by atoms with Crippen LogP contribution in [-0.4, -0.2) is 24.7 Å². The minimum atomic E-state index is 0.672. The maximum absolute atomic E-state index is 4.84. The van der Waals surface area contributed by atoms with Crippen molar-refractivity contribution in [3.8, 4) is 22.9 Å². The Kier molecular flexibility index (Phi) is 3.93. The van der Waals surface area contributed by atoms with Gasteiger partial charge in [0.2, 0.25) is 0 Å². The fraction of sp³-hybridized carbons (Fsp3) is 0.273. The van der Waals surface area contributed by atoms with E-state index >= 15 is 0 Å². The van der Waals surface area contributed by atoms with Gasteiger partial charge in [-0.25, -0.2) is 9.67 Å². The summed E-state index contributed by atoms with van der Waals surface area (Å²) in [6, 6.07) is 16.1. The van der Waals surface area contributed by atoms with Crippen LogP contribution in [0.5, 0.6) is 0 Å². The maximum atomic E-state index is 4.84. The van der Waals surface area contributed by atoms with Gasteiger partial charge in [-0.15, -0.1) is 5.10 Å². The molecule has 1 saturated carbocycles. The van der Waals surface area contributed by atoms with Crippen LogP contribution in [0.4, 0.5) is 0 Å². The number of benzene rings is 1. The van der Waals surface area contributed by atoms with Crippen molar-refractivity contribution in [1.29, 1.82) is 0 Å². The van der Waals surface area contributed by atoms with E-state index in [4.69, 9.17) is 10.1 Å². The van der Waals surface area contributed by atoms with Gasteiger partial charge in [0, 0.05) is 29.9 Å². The molecular weight excluding hydrogens is 334 g/mol. The van der Waals surface area contributed by atoms with Gasteiger partial charge in [-0.1, -0.05) is 31.2 Å². The zero-order valence-corrected chi connectivity index (χ0v) is 15.3. The normalized spacial score (nSPS) is 19.1. The number of rotatable bonds is 4. The molecule has 5 nitrogen and oxygen atoms in total. The molecular formula is C22H21N5. The molecule has 0 radical (unpaired) electrons. The van der Waals surface area contributed by atoms with Crippen LogP contribution in [-0.2, 0) is 6.54 Å². The predicted octanol–water partition coefficient (Wildman–Crippen LogP) is 4.60. The van der Waals surface area contributed by atoms with Crippen LogP contribution in [0.2, 0.25) is 0 Å². The van der Waals surface area contributed by atoms with Crippen molar-refractivity contribution in [2.75, 3.05) is 0 Å². The van der Waals surface area contributed by atoms with Gasteiger partial charge in [-0.2, -0.15) is 0 Å². The summed E-state index contributed by atoms with van der Waals surface area (Å²) >= 11 is 0. The lowest BCUT2D eigenvalue weighted by atomic mass is 9.76. The van der Waals surface area contributed by atoms with E-state index in [-0.39, 0.29) is 0 Å². The van der Waals surface area contributed by atoms with Crippen LogP contribution in [0.15, 0.2) is 60.9 Å². The molecule has 5 heteroatoms. The molecule has 0 saturated heterocycles. The SMILES string of the molecule is CC1CC(Cn2nc(-c3ccccn3)nc2-c2cnc3ccccc3c2)C1. The van der Waals surface area contributed by atoms with E-state index in [1.807, 2.05) is 47.3 Å². The molecule has 0 amide bonds. The van der Waals surface area contributed by atoms with Gasteiger partial charge in [0.15, 0.2) is 11.6 Å². The molecule has 134 valence electrons. The van der Waals surface area contributed by atoms with E-state index in [1.165, 1.54) is 12.8 Å². The Morgan fingerprint density at radius 1 is 1.04 bits per heavy atom. The lowest BCUT2D eigenvalue weighted by molar-refractivity contribution is 0.182. The summed E-state index contributed by atoms with van der Waals surface area (Å²) in [6.07, 6.45) is 6.19. The molecule has 5 rings (SSSR count). The van der Waals surface area contributed by atoms with Crippen molar-refractivity contribution in [2.45, 2.75) is 26.3 Å². The molecule has 0 bridgehead atoms. The molecule has 27 heavy (non-hydrogen) atoms. The largest absolute Gasteiger partial charge is 0.255 e. The van der Waals surface area contributed by atoms with Gasteiger partial charge in [0.1, 0.15) is 5.69 Å². The first-order valence-corrected chi connectivity index (χ1v) is 9.47. The molecule has 1 fully saturated rings. The van der Waals surface area contributed by atoms with Crippen molar-refractivity contribution >= 4 is 10.9 Å². The number of hydrogen-bond acceptors (Lipinski definition) is 4. The Hall–Kier alpha value is -3.08. The molecule has 0 unspecified atom stereocenters. The van der Waals surface area contributed by atoms with E-state index in [1.54, 1.807) is 6.20 Å². The first-order chi connectivity index (χ1) is 13.3. The molecule has 3 aromatic heterocycles. The Bertz CT molecular complexity index is 1080. The van der Waals surface area contributed by atoms with E-state index < -0.39 is 0 Å². The number of aromatic nitrogens is 5. The molecule has 0 spiro atoms. The van der Waals surface area contributed by atoms with E-state index in [0.29, 0.717) is 11.7 Å². The minimum absolute atomic E-state index is 0.672. The summed E-state index contributed by atoms with van der Waals surface area (Å²) < 4.78 is 2.05. The zero-order valence-electron chi connectivity index (χ0n) is 15.3. The van der Waals surface area contributed by atoms with E-state index in [2.05, 4.69) is 29.0 Å². The lowest BCUT2D eigenvalue weighted by Crippen LogP contribution is -2.26. The number of nitrogens with zero attached hydrogens (tertiary/aromatic N) is 5. The average molecular weight is 355 g/mol. The monoisotopic (exact) mass is 355 g/mol. The van der Waals surface area contributed by atoms with Gasteiger partial charge in [-0.05, 0) is 48.9 Å². The van der Waals surface area contributed by atoms with Gasteiger partial charge in [0.05, 0.1) is 5.52 Å². The van der Waals surface area contributed by atoms with Crippen LogP contribution in [0.1, 0.15) is 19.8 Å². The molecule has 4 aromatic rings. The fourth-order valence-corrected chi connectivity index (χ4v) is 3.94. The first kappa shape index (κ1) is 16.1. The van der Waals surface area contributed by atoms with Gasteiger partial charge in [-0.3, -0.25) is 9.97 Å². The second kappa shape index (κ2) is 6.58. The standard InChI is InChI=1S/C22H21N5/c1-15-10-16(11-15)14-27-22(25-21(26-27)20-8-4-5-9-23-20)18-12-17-6-2-3-7-19(17)24-13-18/h2-9,12-13,15-16H,10-11,14H2,1H3. The van der Waals surface area contributed by atoms with Crippen molar-refractivity contribution < 1.29 is 0 Å². The first-order valence-electron chi connectivity index (χ1n) is 9.47. The molecule has 3 heterocycles. The highest BCUT2D eigenvalue weighted by molar-refractivity contribution is 5.82. The van der Waals surface area contributed by atoms with Crippen LogP contribution in [0.25, 0.3) is 33.8 Å². The Morgan fingerprint density at radius 2 is 1.89 bits per heavy atom. The summed E-state index contributed by atoms with van der Waals surface area (Å²) in [7, 11) is 0. The van der Waals surface area contributed by atoms with E-state index in [0.717, 1.165) is 40.4 Å². The van der Waals surface area contributed by atoms with E-state index in [9.17, 15) is 0 Å². The predicted molar refractivity (Wildman–Crippen MR) is 106 cm³/mol. The summed E-state index contributed by atoms with van der Waals surface area (Å²) in [4.78, 5) is 13.9. The Labute approximate surface area is 158 Å². The Morgan fingerprint density at radius 3 is 2.70 bits per heavy atom.